The van der Waals surface area contributed by atoms with E-state index in [1.807, 2.05) is 18.2 Å². The van der Waals surface area contributed by atoms with Crippen molar-refractivity contribution in [2.45, 2.75) is 11.8 Å². The largest absolute Gasteiger partial charge is 0.497 e. The van der Waals surface area contributed by atoms with Crippen LogP contribution in [0.4, 0.5) is 11.4 Å². The first-order valence-corrected chi connectivity index (χ1v) is 12.5. The van der Waals surface area contributed by atoms with E-state index in [0.717, 1.165) is 4.31 Å². The first-order valence-electron chi connectivity index (χ1n) is 11.1. The van der Waals surface area contributed by atoms with Crippen LogP contribution in [0, 0.1) is 6.92 Å². The number of benzene rings is 3. The number of carbonyl (C=O) groups is 1. The molecular weight excluding hydrogens is 480 g/mol. The Morgan fingerprint density at radius 3 is 2.11 bits per heavy atom. The Balaban J connectivity index is 1.67. The molecule has 1 heterocycles. The Morgan fingerprint density at radius 2 is 1.53 bits per heavy atom. The lowest BCUT2D eigenvalue weighted by Gasteiger charge is -2.24. The summed E-state index contributed by atoms with van der Waals surface area (Å²) in [5, 5.41) is 2.63. The highest BCUT2D eigenvalue weighted by molar-refractivity contribution is 7.92. The first kappa shape index (κ1) is 24.8. The number of para-hydroxylation sites is 2. The molecule has 0 fully saturated rings. The molecule has 0 aliphatic heterocycles. The zero-order valence-corrected chi connectivity index (χ0v) is 20.9. The maximum atomic E-state index is 13.5. The molecule has 0 saturated heterocycles. The van der Waals surface area contributed by atoms with E-state index in [1.165, 1.54) is 36.1 Å². The topological polar surface area (TPSA) is 103 Å². The maximum absolute atomic E-state index is 13.5. The van der Waals surface area contributed by atoms with Crippen LogP contribution in [0.3, 0.4) is 0 Å². The lowest BCUT2D eigenvalue weighted by atomic mass is 10.3. The standard InChI is InChI=1S/C26H26N4O5S/c1-19-25(26(32)30(28(19)2)21-12-8-5-9-13-21)27-24(31)18-29(20-10-6-4-7-11-20)36(33,34)23-16-14-22(35-3)15-17-23/h4-17H,18H2,1-3H3,(H,27,31). The van der Waals surface area contributed by atoms with E-state index in [2.05, 4.69) is 5.32 Å². The van der Waals surface area contributed by atoms with Gasteiger partial charge in [0.15, 0.2) is 0 Å². The number of rotatable bonds is 8. The number of anilines is 2. The molecule has 4 rings (SSSR count). The minimum Gasteiger partial charge on any atom is -0.497 e. The van der Waals surface area contributed by atoms with Gasteiger partial charge >= 0.3 is 0 Å². The van der Waals surface area contributed by atoms with Gasteiger partial charge in [0, 0.05) is 7.05 Å². The molecule has 0 spiro atoms. The van der Waals surface area contributed by atoms with E-state index >= 15 is 0 Å². The quantitative estimate of drug-likeness (QED) is 0.395. The maximum Gasteiger partial charge on any atom is 0.295 e. The average Bonchev–Trinajstić information content (AvgIpc) is 3.11. The number of carbonyl (C=O) groups excluding carboxylic acids is 1. The fourth-order valence-electron chi connectivity index (χ4n) is 3.81. The highest BCUT2D eigenvalue weighted by Crippen LogP contribution is 2.25. The van der Waals surface area contributed by atoms with Crippen LogP contribution >= 0.6 is 0 Å². The molecule has 1 N–H and O–H groups in total. The van der Waals surface area contributed by atoms with Crippen LogP contribution in [-0.4, -0.2) is 37.3 Å². The van der Waals surface area contributed by atoms with Crippen molar-refractivity contribution < 1.29 is 17.9 Å². The predicted octanol–water partition coefficient (Wildman–Crippen LogP) is 3.33. The van der Waals surface area contributed by atoms with Gasteiger partial charge in [0.2, 0.25) is 5.91 Å². The van der Waals surface area contributed by atoms with Gasteiger partial charge < -0.3 is 10.1 Å². The Hall–Kier alpha value is -4.31. The highest BCUT2D eigenvalue weighted by atomic mass is 32.2. The molecule has 10 heteroatoms. The van der Waals surface area contributed by atoms with Crippen LogP contribution < -0.4 is 19.9 Å². The number of hydrogen-bond donors (Lipinski definition) is 1. The van der Waals surface area contributed by atoms with Gasteiger partial charge in [0.1, 0.15) is 18.0 Å². The third-order valence-electron chi connectivity index (χ3n) is 5.80. The molecule has 0 saturated carbocycles. The second-order valence-corrected chi connectivity index (χ2v) is 9.87. The number of nitrogens with one attached hydrogen (secondary N) is 1. The second-order valence-electron chi connectivity index (χ2n) is 8.01. The van der Waals surface area contributed by atoms with Crippen molar-refractivity contribution in [3.05, 3.63) is 101 Å². The summed E-state index contributed by atoms with van der Waals surface area (Å²) < 4.78 is 36.3. The zero-order valence-electron chi connectivity index (χ0n) is 20.1. The third kappa shape index (κ3) is 4.76. The van der Waals surface area contributed by atoms with Crippen molar-refractivity contribution in [3.63, 3.8) is 0 Å². The first-order chi connectivity index (χ1) is 17.2. The van der Waals surface area contributed by atoms with Gasteiger partial charge in [-0.15, -0.1) is 0 Å². The molecule has 1 amide bonds. The Morgan fingerprint density at radius 1 is 0.944 bits per heavy atom. The average molecular weight is 507 g/mol. The number of sulfonamides is 1. The molecular formula is C26H26N4O5S. The summed E-state index contributed by atoms with van der Waals surface area (Å²) in [6.07, 6.45) is 0. The molecule has 0 atom stereocenters. The Labute approximate surface area is 209 Å². The molecule has 3 aromatic carbocycles. The summed E-state index contributed by atoms with van der Waals surface area (Å²) >= 11 is 0. The van der Waals surface area contributed by atoms with E-state index in [1.54, 1.807) is 61.1 Å². The molecule has 0 aliphatic rings. The van der Waals surface area contributed by atoms with E-state index < -0.39 is 28.0 Å². The highest BCUT2D eigenvalue weighted by Gasteiger charge is 2.28. The van der Waals surface area contributed by atoms with Gasteiger partial charge in [-0.3, -0.25) is 18.6 Å². The second kappa shape index (κ2) is 10.1. The molecule has 0 unspecified atom stereocenters. The van der Waals surface area contributed by atoms with Gasteiger partial charge in [-0.1, -0.05) is 36.4 Å². The Kier molecular flexibility index (Phi) is 6.98. The van der Waals surface area contributed by atoms with Gasteiger partial charge in [-0.25, -0.2) is 13.1 Å². The number of ether oxygens (including phenoxy) is 1. The summed E-state index contributed by atoms with van der Waals surface area (Å²) in [5.74, 6) is -0.144. The van der Waals surface area contributed by atoms with Crippen LogP contribution in [0.2, 0.25) is 0 Å². The van der Waals surface area contributed by atoms with Gasteiger partial charge in [0.25, 0.3) is 15.6 Å². The van der Waals surface area contributed by atoms with Crippen molar-refractivity contribution in [1.82, 2.24) is 9.36 Å². The predicted molar refractivity (Wildman–Crippen MR) is 138 cm³/mol. The van der Waals surface area contributed by atoms with Gasteiger partial charge in [-0.05, 0) is 55.5 Å². The van der Waals surface area contributed by atoms with Crippen molar-refractivity contribution in [2.24, 2.45) is 7.05 Å². The zero-order chi connectivity index (χ0) is 25.9. The number of nitrogens with zero attached hydrogens (tertiary/aromatic N) is 3. The number of amides is 1. The van der Waals surface area contributed by atoms with Crippen molar-refractivity contribution in [3.8, 4) is 11.4 Å². The van der Waals surface area contributed by atoms with Crippen LogP contribution in [0.15, 0.2) is 94.6 Å². The summed E-state index contributed by atoms with van der Waals surface area (Å²) in [4.78, 5) is 26.3. The molecule has 1 aromatic heterocycles. The summed E-state index contributed by atoms with van der Waals surface area (Å²) in [5.41, 5.74) is 1.15. The molecule has 0 radical (unpaired) electrons. The minimum atomic E-state index is -4.10. The monoisotopic (exact) mass is 506 g/mol. The molecule has 9 nitrogen and oxygen atoms in total. The van der Waals surface area contributed by atoms with Gasteiger partial charge in [0.05, 0.1) is 29.1 Å². The van der Waals surface area contributed by atoms with E-state index in [-0.39, 0.29) is 10.6 Å². The van der Waals surface area contributed by atoms with E-state index in [9.17, 15) is 18.0 Å². The number of methoxy groups -OCH3 is 1. The smallest absolute Gasteiger partial charge is 0.295 e. The third-order valence-corrected chi connectivity index (χ3v) is 7.59. The summed E-state index contributed by atoms with van der Waals surface area (Å²) in [7, 11) is -0.905. The lowest BCUT2D eigenvalue weighted by molar-refractivity contribution is -0.114. The van der Waals surface area contributed by atoms with Gasteiger partial charge in [-0.2, -0.15) is 0 Å². The Bertz CT molecular complexity index is 1530. The van der Waals surface area contributed by atoms with Crippen LogP contribution in [0.1, 0.15) is 5.69 Å². The minimum absolute atomic E-state index is 0.00211. The fourth-order valence-corrected chi connectivity index (χ4v) is 5.23. The normalized spacial score (nSPS) is 11.2. The van der Waals surface area contributed by atoms with E-state index in [4.69, 9.17) is 4.74 Å². The SMILES string of the molecule is COc1ccc(S(=O)(=O)N(CC(=O)Nc2c(C)n(C)n(-c3ccccc3)c2=O)c2ccccc2)cc1. The van der Waals surface area contributed by atoms with Crippen molar-refractivity contribution in [1.29, 1.82) is 0 Å². The van der Waals surface area contributed by atoms with Crippen LogP contribution in [0.25, 0.3) is 5.69 Å². The number of hydrogen-bond acceptors (Lipinski definition) is 5. The van der Waals surface area contributed by atoms with Crippen molar-refractivity contribution in [2.75, 3.05) is 23.3 Å². The molecule has 186 valence electrons. The molecule has 4 aromatic rings. The number of aromatic nitrogens is 2. The molecule has 0 aliphatic carbocycles. The van der Waals surface area contributed by atoms with Crippen LogP contribution in [0.5, 0.6) is 5.75 Å². The summed E-state index contributed by atoms with van der Waals surface area (Å²) in [6.45, 7) is 1.18. The van der Waals surface area contributed by atoms with Crippen molar-refractivity contribution >= 4 is 27.3 Å². The molecule has 36 heavy (non-hydrogen) atoms. The fraction of sp³-hybridized carbons (Fsp3) is 0.154. The van der Waals surface area contributed by atoms with Crippen LogP contribution in [-0.2, 0) is 21.9 Å². The summed E-state index contributed by atoms with van der Waals surface area (Å²) in [6, 6.07) is 23.3. The molecule has 0 bridgehead atoms. The van der Waals surface area contributed by atoms with E-state index in [0.29, 0.717) is 22.8 Å². The lowest BCUT2D eigenvalue weighted by Crippen LogP contribution is -2.38.